The molecule has 0 unspecified atom stereocenters. The number of piperidine rings is 1. The predicted octanol–water partition coefficient (Wildman–Crippen LogP) is 0.501. The Kier molecular flexibility index (Phi) is 4.41. The highest BCUT2D eigenvalue weighted by Gasteiger charge is 2.22. The van der Waals surface area contributed by atoms with Gasteiger partial charge in [0.15, 0.2) is 0 Å². The molecule has 0 saturated carbocycles. The van der Waals surface area contributed by atoms with E-state index < -0.39 is 0 Å². The van der Waals surface area contributed by atoms with Crippen LogP contribution in [0.25, 0.3) is 0 Å². The van der Waals surface area contributed by atoms with Gasteiger partial charge in [0.2, 0.25) is 5.91 Å². The van der Waals surface area contributed by atoms with Crippen LogP contribution in [0.2, 0.25) is 0 Å². The Hall–Kier alpha value is -1.08. The lowest BCUT2D eigenvalue weighted by molar-refractivity contribution is -0.132. The van der Waals surface area contributed by atoms with E-state index in [1.807, 2.05) is 6.07 Å². The van der Waals surface area contributed by atoms with E-state index in [9.17, 15) is 4.79 Å². The molecular weight excluding hydrogens is 178 g/mol. The quantitative estimate of drug-likeness (QED) is 0.713. The number of hydrogen-bond acceptors (Lipinski definition) is 3. The van der Waals surface area contributed by atoms with Gasteiger partial charge in [0.1, 0.15) is 0 Å². The highest BCUT2D eigenvalue weighted by atomic mass is 16.2. The summed E-state index contributed by atoms with van der Waals surface area (Å²) in [6.07, 6.45) is 3.62. The van der Waals surface area contributed by atoms with Crippen molar-refractivity contribution in [2.24, 2.45) is 0 Å². The Labute approximate surface area is 84.9 Å². The molecule has 0 spiro atoms. The average Bonchev–Trinajstić information content (AvgIpc) is 2.26. The van der Waals surface area contributed by atoms with Gasteiger partial charge in [-0.3, -0.25) is 4.79 Å². The van der Waals surface area contributed by atoms with Gasteiger partial charge in [0, 0.05) is 13.6 Å². The van der Waals surface area contributed by atoms with E-state index in [2.05, 4.69) is 5.32 Å². The van der Waals surface area contributed by atoms with Crippen molar-refractivity contribution in [3.8, 4) is 6.07 Å². The summed E-state index contributed by atoms with van der Waals surface area (Å²) in [5.41, 5.74) is 0. The summed E-state index contributed by atoms with van der Waals surface area (Å²) < 4.78 is 0. The maximum Gasteiger partial charge on any atom is 0.239 e. The van der Waals surface area contributed by atoms with E-state index in [-0.39, 0.29) is 11.9 Å². The van der Waals surface area contributed by atoms with Gasteiger partial charge < -0.3 is 10.2 Å². The van der Waals surface area contributed by atoms with Crippen molar-refractivity contribution < 1.29 is 4.79 Å². The van der Waals surface area contributed by atoms with Gasteiger partial charge in [-0.05, 0) is 19.4 Å². The topological polar surface area (TPSA) is 56.1 Å². The normalized spacial score (nSPS) is 21.3. The van der Waals surface area contributed by atoms with Crippen LogP contribution >= 0.6 is 0 Å². The van der Waals surface area contributed by atoms with Gasteiger partial charge in [-0.25, -0.2) is 0 Å². The zero-order valence-electron chi connectivity index (χ0n) is 8.62. The molecule has 1 fully saturated rings. The van der Waals surface area contributed by atoms with Crippen LogP contribution in [0, 0.1) is 11.3 Å². The molecule has 1 amide bonds. The number of nitriles is 1. The molecule has 0 aliphatic carbocycles. The van der Waals surface area contributed by atoms with E-state index in [4.69, 9.17) is 5.26 Å². The van der Waals surface area contributed by atoms with Crippen molar-refractivity contribution >= 4 is 5.91 Å². The molecule has 0 radical (unpaired) electrons. The number of carbonyl (C=O) groups excluding carboxylic acids is 1. The van der Waals surface area contributed by atoms with Crippen LogP contribution in [0.4, 0.5) is 0 Å². The number of nitrogens with one attached hydrogen (secondary N) is 1. The van der Waals surface area contributed by atoms with Gasteiger partial charge in [-0.2, -0.15) is 5.26 Å². The molecule has 4 heteroatoms. The van der Waals surface area contributed by atoms with Gasteiger partial charge in [0.05, 0.1) is 18.5 Å². The molecule has 1 atom stereocenters. The summed E-state index contributed by atoms with van der Waals surface area (Å²) in [5, 5.41) is 11.6. The molecule has 0 bridgehead atoms. The van der Waals surface area contributed by atoms with Crippen LogP contribution in [0.15, 0.2) is 0 Å². The molecule has 1 heterocycles. The molecule has 1 aliphatic rings. The second kappa shape index (κ2) is 5.61. The lowest BCUT2D eigenvalue weighted by Gasteiger charge is -2.26. The van der Waals surface area contributed by atoms with Crippen molar-refractivity contribution in [1.82, 2.24) is 10.2 Å². The fourth-order valence-electron chi connectivity index (χ4n) is 1.66. The zero-order valence-corrected chi connectivity index (χ0v) is 8.62. The lowest BCUT2D eigenvalue weighted by Crippen LogP contribution is -2.47. The van der Waals surface area contributed by atoms with Crippen LogP contribution in [-0.2, 0) is 4.79 Å². The van der Waals surface area contributed by atoms with E-state index in [1.165, 1.54) is 0 Å². The third-order valence-corrected chi connectivity index (χ3v) is 2.54. The van der Waals surface area contributed by atoms with Crippen molar-refractivity contribution in [1.29, 1.82) is 5.26 Å². The maximum atomic E-state index is 11.8. The van der Waals surface area contributed by atoms with Crippen LogP contribution in [-0.4, -0.2) is 37.0 Å². The summed E-state index contributed by atoms with van der Waals surface area (Å²) >= 11 is 0. The lowest BCUT2D eigenvalue weighted by atomic mass is 10.0. The standard InChI is InChI=1S/C10H17N3O/c1-13(8-4-6-11)10(14)9-5-2-3-7-12-9/h9,12H,2-5,7-8H2,1H3/t9-/m0/s1. The van der Waals surface area contributed by atoms with E-state index in [0.29, 0.717) is 13.0 Å². The predicted molar refractivity (Wildman–Crippen MR) is 53.5 cm³/mol. The summed E-state index contributed by atoms with van der Waals surface area (Å²) in [4.78, 5) is 13.4. The van der Waals surface area contributed by atoms with Crippen molar-refractivity contribution in [3.63, 3.8) is 0 Å². The Morgan fingerprint density at radius 3 is 3.00 bits per heavy atom. The number of rotatable bonds is 3. The summed E-state index contributed by atoms with van der Waals surface area (Å²) in [6, 6.07) is 2.02. The minimum Gasteiger partial charge on any atom is -0.343 e. The molecule has 78 valence electrons. The Bertz CT molecular complexity index is 228. The maximum absolute atomic E-state index is 11.8. The third-order valence-electron chi connectivity index (χ3n) is 2.54. The van der Waals surface area contributed by atoms with E-state index >= 15 is 0 Å². The molecule has 4 nitrogen and oxygen atoms in total. The second-order valence-electron chi connectivity index (χ2n) is 3.67. The van der Waals surface area contributed by atoms with Crippen LogP contribution < -0.4 is 5.32 Å². The van der Waals surface area contributed by atoms with Gasteiger partial charge in [-0.1, -0.05) is 6.42 Å². The second-order valence-corrected chi connectivity index (χ2v) is 3.67. The smallest absolute Gasteiger partial charge is 0.239 e. The minimum absolute atomic E-state index is 0.0209. The molecule has 0 aromatic rings. The Morgan fingerprint density at radius 1 is 1.64 bits per heavy atom. The van der Waals surface area contributed by atoms with Gasteiger partial charge >= 0.3 is 0 Å². The first-order chi connectivity index (χ1) is 6.75. The van der Waals surface area contributed by atoms with Crippen molar-refractivity contribution in [2.45, 2.75) is 31.7 Å². The number of amides is 1. The molecule has 0 aromatic carbocycles. The molecule has 1 saturated heterocycles. The Balaban J connectivity index is 2.35. The molecular formula is C10H17N3O. The molecule has 1 aliphatic heterocycles. The number of hydrogen-bond donors (Lipinski definition) is 1. The van der Waals surface area contributed by atoms with Crippen LogP contribution in [0.3, 0.4) is 0 Å². The SMILES string of the molecule is CN(CCC#N)C(=O)[C@@H]1CCCCN1. The average molecular weight is 195 g/mol. The molecule has 14 heavy (non-hydrogen) atoms. The largest absolute Gasteiger partial charge is 0.343 e. The van der Waals surface area contributed by atoms with Crippen LogP contribution in [0.5, 0.6) is 0 Å². The van der Waals surface area contributed by atoms with E-state index in [0.717, 1.165) is 25.8 Å². The first-order valence-corrected chi connectivity index (χ1v) is 5.11. The molecule has 1 N–H and O–H groups in total. The summed E-state index contributed by atoms with van der Waals surface area (Å²) in [7, 11) is 1.76. The monoisotopic (exact) mass is 195 g/mol. The van der Waals surface area contributed by atoms with Gasteiger partial charge in [0.25, 0.3) is 0 Å². The summed E-state index contributed by atoms with van der Waals surface area (Å²) in [6.45, 7) is 1.47. The fourth-order valence-corrected chi connectivity index (χ4v) is 1.66. The third kappa shape index (κ3) is 3.00. The van der Waals surface area contributed by atoms with E-state index in [1.54, 1.807) is 11.9 Å². The first kappa shape index (κ1) is 11.0. The minimum atomic E-state index is -0.0209. The Morgan fingerprint density at radius 2 is 2.43 bits per heavy atom. The van der Waals surface area contributed by atoms with Crippen LogP contribution in [0.1, 0.15) is 25.7 Å². The summed E-state index contributed by atoms with van der Waals surface area (Å²) in [5.74, 6) is 0.125. The highest BCUT2D eigenvalue weighted by molar-refractivity contribution is 5.81. The van der Waals surface area contributed by atoms with Crippen molar-refractivity contribution in [3.05, 3.63) is 0 Å². The molecule has 1 rings (SSSR count). The van der Waals surface area contributed by atoms with Crippen molar-refractivity contribution in [2.75, 3.05) is 20.1 Å². The molecule has 0 aromatic heterocycles. The highest BCUT2D eigenvalue weighted by Crippen LogP contribution is 2.09. The fraction of sp³-hybridized carbons (Fsp3) is 0.800. The number of nitrogens with zero attached hydrogens (tertiary/aromatic N) is 2. The number of carbonyl (C=O) groups is 1. The zero-order chi connectivity index (χ0) is 10.4. The first-order valence-electron chi connectivity index (χ1n) is 5.11. The van der Waals surface area contributed by atoms with Gasteiger partial charge in [-0.15, -0.1) is 0 Å². The number of likely N-dealkylation sites (N-methyl/N-ethyl adjacent to an activating group) is 1.